The highest BCUT2D eigenvalue weighted by Gasteiger charge is 2.12. The van der Waals surface area contributed by atoms with Crippen molar-refractivity contribution >= 4 is 23.2 Å². The smallest absolute Gasteiger partial charge is 0.247 e. The molecular formula is C25H27N5O3. The molecule has 1 aliphatic rings. The standard InChI is InChI=1S/C25H27N5O3/c1-3-24(31)28-22-16-19(7-8-23(22)32-2)21-9-10-26-25(29-21)27-20-6-4-5-18(15-20)17-30-11-13-33-14-12-30/h3-10,15-16H,1,11-14,17H2,2H3,(H,28,31)(H,26,27,29). The average Bonchev–Trinajstić information content (AvgIpc) is 2.85. The van der Waals surface area contributed by atoms with Crippen molar-refractivity contribution in [3.05, 3.63) is 72.9 Å². The van der Waals surface area contributed by atoms with E-state index in [0.717, 1.165) is 44.1 Å². The van der Waals surface area contributed by atoms with Gasteiger partial charge in [-0.1, -0.05) is 18.7 Å². The van der Waals surface area contributed by atoms with E-state index in [1.54, 1.807) is 19.4 Å². The maximum Gasteiger partial charge on any atom is 0.247 e. The van der Waals surface area contributed by atoms with E-state index in [1.165, 1.54) is 11.6 Å². The summed E-state index contributed by atoms with van der Waals surface area (Å²) >= 11 is 0. The molecule has 0 unspecified atom stereocenters. The molecule has 170 valence electrons. The Kier molecular flexibility index (Phi) is 7.29. The van der Waals surface area contributed by atoms with Gasteiger partial charge < -0.3 is 20.1 Å². The van der Waals surface area contributed by atoms with Gasteiger partial charge in [0.05, 0.1) is 31.7 Å². The monoisotopic (exact) mass is 445 g/mol. The molecule has 0 aliphatic carbocycles. The maximum absolute atomic E-state index is 11.8. The van der Waals surface area contributed by atoms with Crippen molar-refractivity contribution in [2.75, 3.05) is 44.0 Å². The van der Waals surface area contributed by atoms with Crippen LogP contribution in [0.3, 0.4) is 0 Å². The van der Waals surface area contributed by atoms with Gasteiger partial charge in [0.2, 0.25) is 11.9 Å². The van der Waals surface area contributed by atoms with Gasteiger partial charge in [0, 0.05) is 37.1 Å². The van der Waals surface area contributed by atoms with Crippen LogP contribution in [-0.2, 0) is 16.1 Å². The number of ether oxygens (including phenoxy) is 2. The summed E-state index contributed by atoms with van der Waals surface area (Å²) in [4.78, 5) is 23.2. The van der Waals surface area contributed by atoms with Gasteiger partial charge in [-0.2, -0.15) is 0 Å². The first kappa shape index (κ1) is 22.4. The molecular weight excluding hydrogens is 418 g/mol. The summed E-state index contributed by atoms with van der Waals surface area (Å²) in [6.45, 7) is 7.82. The van der Waals surface area contributed by atoms with Crippen molar-refractivity contribution < 1.29 is 14.3 Å². The van der Waals surface area contributed by atoms with E-state index in [1.807, 2.05) is 30.3 Å². The third kappa shape index (κ3) is 5.94. The fourth-order valence-electron chi connectivity index (χ4n) is 3.62. The molecule has 0 radical (unpaired) electrons. The van der Waals surface area contributed by atoms with Crippen molar-refractivity contribution in [2.45, 2.75) is 6.54 Å². The quantitative estimate of drug-likeness (QED) is 0.509. The van der Waals surface area contributed by atoms with E-state index < -0.39 is 0 Å². The maximum atomic E-state index is 11.8. The van der Waals surface area contributed by atoms with Crippen LogP contribution in [0, 0.1) is 0 Å². The second-order valence-corrected chi connectivity index (χ2v) is 7.59. The van der Waals surface area contributed by atoms with Crippen LogP contribution in [0.5, 0.6) is 5.75 Å². The molecule has 1 aliphatic heterocycles. The van der Waals surface area contributed by atoms with Crippen molar-refractivity contribution in [2.24, 2.45) is 0 Å². The average molecular weight is 446 g/mol. The van der Waals surface area contributed by atoms with Gasteiger partial charge in [-0.3, -0.25) is 9.69 Å². The molecule has 1 saturated heterocycles. The van der Waals surface area contributed by atoms with Gasteiger partial charge in [0.1, 0.15) is 5.75 Å². The molecule has 4 rings (SSSR count). The number of carbonyl (C=O) groups excluding carboxylic acids is 1. The van der Waals surface area contributed by atoms with E-state index in [9.17, 15) is 4.79 Å². The molecule has 8 heteroatoms. The van der Waals surface area contributed by atoms with Gasteiger partial charge >= 0.3 is 0 Å². The van der Waals surface area contributed by atoms with Crippen molar-refractivity contribution in [3.63, 3.8) is 0 Å². The first-order valence-electron chi connectivity index (χ1n) is 10.8. The van der Waals surface area contributed by atoms with Crippen LogP contribution in [0.25, 0.3) is 11.3 Å². The van der Waals surface area contributed by atoms with Crippen LogP contribution >= 0.6 is 0 Å². The Morgan fingerprint density at radius 1 is 1.21 bits per heavy atom. The number of methoxy groups -OCH3 is 1. The molecule has 1 aromatic heterocycles. The number of rotatable bonds is 8. The lowest BCUT2D eigenvalue weighted by molar-refractivity contribution is -0.111. The Hall–Kier alpha value is -3.75. The minimum atomic E-state index is -0.313. The van der Waals surface area contributed by atoms with Gasteiger partial charge in [0.25, 0.3) is 0 Å². The third-order valence-corrected chi connectivity index (χ3v) is 5.29. The lowest BCUT2D eigenvalue weighted by Gasteiger charge is -2.26. The molecule has 2 aromatic carbocycles. The normalized spacial score (nSPS) is 13.8. The summed E-state index contributed by atoms with van der Waals surface area (Å²) in [7, 11) is 1.55. The molecule has 1 amide bonds. The van der Waals surface area contributed by atoms with Gasteiger partial charge in [-0.05, 0) is 48.0 Å². The molecule has 0 saturated carbocycles. The Labute approximate surface area is 193 Å². The highest BCUT2D eigenvalue weighted by Crippen LogP contribution is 2.30. The van der Waals surface area contributed by atoms with Crippen LogP contribution in [-0.4, -0.2) is 54.2 Å². The minimum Gasteiger partial charge on any atom is -0.495 e. The first-order chi connectivity index (χ1) is 16.1. The zero-order chi connectivity index (χ0) is 23.0. The number of nitrogens with zero attached hydrogens (tertiary/aromatic N) is 3. The van der Waals surface area contributed by atoms with Crippen molar-refractivity contribution in [1.82, 2.24) is 14.9 Å². The van der Waals surface area contributed by atoms with E-state index in [2.05, 4.69) is 44.2 Å². The molecule has 33 heavy (non-hydrogen) atoms. The number of morpholine rings is 1. The summed E-state index contributed by atoms with van der Waals surface area (Å²) < 4.78 is 10.8. The summed E-state index contributed by atoms with van der Waals surface area (Å²) in [6.07, 6.45) is 2.92. The number of nitrogens with one attached hydrogen (secondary N) is 2. The summed E-state index contributed by atoms with van der Waals surface area (Å²) in [6, 6.07) is 15.6. The van der Waals surface area contributed by atoms with E-state index >= 15 is 0 Å². The van der Waals surface area contributed by atoms with Crippen LogP contribution in [0.1, 0.15) is 5.56 Å². The molecule has 1 fully saturated rings. The topological polar surface area (TPSA) is 88.6 Å². The summed E-state index contributed by atoms with van der Waals surface area (Å²) in [5.41, 5.74) is 4.22. The molecule has 0 bridgehead atoms. The Morgan fingerprint density at radius 2 is 2.06 bits per heavy atom. The summed E-state index contributed by atoms with van der Waals surface area (Å²) in [5, 5.41) is 6.06. The number of anilines is 3. The Bertz CT molecular complexity index is 1130. The largest absolute Gasteiger partial charge is 0.495 e. The highest BCUT2D eigenvalue weighted by molar-refractivity contribution is 6.00. The predicted octanol–water partition coefficient (Wildman–Crippen LogP) is 3.85. The number of benzene rings is 2. The van der Waals surface area contributed by atoms with Crippen molar-refractivity contribution in [3.8, 4) is 17.0 Å². The van der Waals surface area contributed by atoms with E-state index in [-0.39, 0.29) is 5.91 Å². The van der Waals surface area contributed by atoms with Crippen LogP contribution < -0.4 is 15.4 Å². The zero-order valence-electron chi connectivity index (χ0n) is 18.6. The molecule has 2 N–H and O–H groups in total. The Balaban J connectivity index is 1.51. The molecule has 3 aromatic rings. The second kappa shape index (κ2) is 10.7. The minimum absolute atomic E-state index is 0.313. The number of hydrogen-bond acceptors (Lipinski definition) is 7. The lowest BCUT2D eigenvalue weighted by atomic mass is 10.1. The molecule has 0 spiro atoms. The zero-order valence-corrected chi connectivity index (χ0v) is 18.6. The third-order valence-electron chi connectivity index (χ3n) is 5.29. The number of amides is 1. The van der Waals surface area contributed by atoms with E-state index in [4.69, 9.17) is 9.47 Å². The predicted molar refractivity (Wildman–Crippen MR) is 129 cm³/mol. The SMILES string of the molecule is C=CC(=O)Nc1cc(-c2ccnc(Nc3cccc(CN4CCOCC4)c3)n2)ccc1OC. The first-order valence-corrected chi connectivity index (χ1v) is 10.8. The fraction of sp³-hybridized carbons (Fsp3) is 0.240. The fourth-order valence-corrected chi connectivity index (χ4v) is 3.62. The second-order valence-electron chi connectivity index (χ2n) is 7.59. The van der Waals surface area contributed by atoms with Crippen LogP contribution in [0.4, 0.5) is 17.3 Å². The lowest BCUT2D eigenvalue weighted by Crippen LogP contribution is -2.35. The molecule has 0 atom stereocenters. The molecule has 8 nitrogen and oxygen atoms in total. The molecule has 2 heterocycles. The van der Waals surface area contributed by atoms with Crippen molar-refractivity contribution in [1.29, 1.82) is 0 Å². The summed E-state index contributed by atoms with van der Waals surface area (Å²) in [5.74, 6) is 0.731. The highest BCUT2D eigenvalue weighted by atomic mass is 16.5. The van der Waals surface area contributed by atoms with Crippen LogP contribution in [0.15, 0.2) is 67.4 Å². The van der Waals surface area contributed by atoms with Gasteiger partial charge in [-0.15, -0.1) is 0 Å². The van der Waals surface area contributed by atoms with Gasteiger partial charge in [0.15, 0.2) is 0 Å². The van der Waals surface area contributed by atoms with E-state index in [0.29, 0.717) is 23.1 Å². The number of aromatic nitrogens is 2. The van der Waals surface area contributed by atoms with Gasteiger partial charge in [-0.25, -0.2) is 9.97 Å². The van der Waals surface area contributed by atoms with Crippen LogP contribution in [0.2, 0.25) is 0 Å². The number of hydrogen-bond donors (Lipinski definition) is 2. The Morgan fingerprint density at radius 3 is 2.85 bits per heavy atom. The number of carbonyl (C=O) groups is 1.